The Morgan fingerprint density at radius 1 is 1.46 bits per heavy atom. The van der Waals surface area contributed by atoms with Crippen molar-refractivity contribution in [2.24, 2.45) is 0 Å². The average molecular weight is 276 g/mol. The Balaban J connectivity index is 2.33. The Hall–Kier alpha value is -0.230. The van der Waals surface area contributed by atoms with Gasteiger partial charge in [-0.3, -0.25) is 4.98 Å². The minimum absolute atomic E-state index is 0.540. The van der Waals surface area contributed by atoms with E-state index >= 15 is 0 Å². The van der Waals surface area contributed by atoms with Gasteiger partial charge in [0.05, 0.1) is 15.3 Å². The van der Waals surface area contributed by atoms with Crippen LogP contribution in [0.5, 0.6) is 0 Å². The van der Waals surface area contributed by atoms with E-state index in [9.17, 15) is 5.11 Å². The van der Waals surface area contributed by atoms with Gasteiger partial charge >= 0.3 is 0 Å². The molecular weight excluding hydrogens is 270 g/mol. The maximum atomic E-state index is 9.90. The van der Waals surface area contributed by atoms with Gasteiger partial charge in [0.2, 0.25) is 0 Å². The van der Waals surface area contributed by atoms with Crippen LogP contribution in [0.3, 0.4) is 0 Å². The molecule has 0 bridgehead atoms. The molecule has 0 aliphatic carbocycles. The smallest absolute Gasteiger partial charge is 0.125 e. The molecule has 68 valence electrons. The van der Waals surface area contributed by atoms with E-state index in [0.29, 0.717) is 0 Å². The van der Waals surface area contributed by atoms with Gasteiger partial charge in [0.1, 0.15) is 6.10 Å². The first-order valence-corrected chi connectivity index (χ1v) is 6.13. The molecule has 2 rings (SSSR count). The first-order chi connectivity index (χ1) is 6.29. The summed E-state index contributed by atoms with van der Waals surface area (Å²) in [5.41, 5.74) is 1.72. The molecular formula is C8H6BrNOS2. The minimum Gasteiger partial charge on any atom is -0.382 e. The molecule has 2 nitrogen and oxygen atoms in total. The third kappa shape index (κ3) is 1.83. The number of aliphatic hydroxyl groups is 1. The second-order valence-corrected chi connectivity index (χ2v) is 5.16. The van der Waals surface area contributed by atoms with Crippen LogP contribution < -0.4 is 0 Å². The zero-order valence-electron chi connectivity index (χ0n) is 6.48. The molecule has 0 saturated heterocycles. The quantitative estimate of drug-likeness (QED) is 0.914. The topological polar surface area (TPSA) is 33.1 Å². The van der Waals surface area contributed by atoms with Crippen molar-refractivity contribution in [2.45, 2.75) is 6.10 Å². The van der Waals surface area contributed by atoms with Crippen LogP contribution >= 0.6 is 38.6 Å². The Bertz CT molecular complexity index is 385. The molecule has 1 unspecified atom stereocenters. The van der Waals surface area contributed by atoms with Crippen LogP contribution in [0.4, 0.5) is 0 Å². The zero-order chi connectivity index (χ0) is 9.26. The molecule has 2 aromatic heterocycles. The summed E-state index contributed by atoms with van der Waals surface area (Å²) in [6, 6.07) is 1.93. The van der Waals surface area contributed by atoms with E-state index < -0.39 is 6.10 Å². The van der Waals surface area contributed by atoms with Gasteiger partial charge in [-0.05, 0) is 27.4 Å². The van der Waals surface area contributed by atoms with E-state index in [4.69, 9.17) is 0 Å². The number of rotatable bonds is 2. The molecule has 2 heterocycles. The number of thiophene rings is 1. The second-order valence-electron chi connectivity index (χ2n) is 2.44. The lowest BCUT2D eigenvalue weighted by molar-refractivity contribution is 0.227. The van der Waals surface area contributed by atoms with E-state index in [1.54, 1.807) is 11.7 Å². The molecule has 0 amide bonds. The van der Waals surface area contributed by atoms with Crippen molar-refractivity contribution in [3.8, 4) is 0 Å². The lowest BCUT2D eigenvalue weighted by Gasteiger charge is -2.05. The first-order valence-electron chi connectivity index (χ1n) is 3.58. The van der Waals surface area contributed by atoms with Crippen LogP contribution in [0.25, 0.3) is 0 Å². The van der Waals surface area contributed by atoms with Crippen LogP contribution in [0.15, 0.2) is 27.6 Å². The fourth-order valence-electron chi connectivity index (χ4n) is 0.990. The number of nitrogens with zero attached hydrogens (tertiary/aromatic N) is 1. The van der Waals surface area contributed by atoms with Crippen LogP contribution in [-0.2, 0) is 0 Å². The Morgan fingerprint density at radius 2 is 2.31 bits per heavy atom. The van der Waals surface area contributed by atoms with Crippen molar-refractivity contribution in [3.63, 3.8) is 0 Å². The van der Waals surface area contributed by atoms with Crippen molar-refractivity contribution in [2.75, 3.05) is 0 Å². The van der Waals surface area contributed by atoms with Gasteiger partial charge < -0.3 is 5.11 Å². The van der Waals surface area contributed by atoms with Gasteiger partial charge in [-0.1, -0.05) is 0 Å². The van der Waals surface area contributed by atoms with Gasteiger partial charge in [0.15, 0.2) is 0 Å². The summed E-state index contributed by atoms with van der Waals surface area (Å²) in [5.74, 6) is 0. The summed E-state index contributed by atoms with van der Waals surface area (Å²) in [5, 5.41) is 11.8. The predicted octanol–water partition coefficient (Wildman–Crippen LogP) is 3.05. The summed E-state index contributed by atoms with van der Waals surface area (Å²) >= 11 is 6.39. The standard InChI is InChI=1S/C8H6BrNOS2/c9-5-1-2-12-8(5)7(11)6-3-10-4-13-6/h1-4,7,11H. The number of aromatic nitrogens is 1. The molecule has 0 spiro atoms. The van der Waals surface area contributed by atoms with E-state index in [0.717, 1.165) is 14.2 Å². The van der Waals surface area contributed by atoms with Crippen molar-refractivity contribution >= 4 is 38.6 Å². The number of aliphatic hydroxyl groups excluding tert-OH is 1. The van der Waals surface area contributed by atoms with Crippen molar-refractivity contribution < 1.29 is 5.11 Å². The molecule has 13 heavy (non-hydrogen) atoms. The summed E-state index contributed by atoms with van der Waals surface area (Å²) in [7, 11) is 0. The molecule has 5 heteroatoms. The SMILES string of the molecule is OC(c1cncs1)c1sccc1Br. The first kappa shape index (κ1) is 9.33. The lowest BCUT2D eigenvalue weighted by Crippen LogP contribution is -1.94. The van der Waals surface area contributed by atoms with E-state index in [2.05, 4.69) is 20.9 Å². The highest BCUT2D eigenvalue weighted by molar-refractivity contribution is 9.10. The second kappa shape index (κ2) is 3.88. The van der Waals surface area contributed by atoms with Crippen LogP contribution in [0.2, 0.25) is 0 Å². The predicted molar refractivity (Wildman–Crippen MR) is 58.2 cm³/mol. The fraction of sp³-hybridized carbons (Fsp3) is 0.125. The molecule has 0 fully saturated rings. The van der Waals surface area contributed by atoms with E-state index in [-0.39, 0.29) is 0 Å². The van der Waals surface area contributed by atoms with Crippen LogP contribution in [0, 0.1) is 0 Å². The average Bonchev–Trinajstić information content (AvgIpc) is 2.72. The van der Waals surface area contributed by atoms with E-state index in [1.807, 2.05) is 11.4 Å². The molecule has 2 aromatic rings. The fourth-order valence-corrected chi connectivity index (χ4v) is 3.27. The van der Waals surface area contributed by atoms with Gasteiger partial charge in [-0.15, -0.1) is 22.7 Å². The van der Waals surface area contributed by atoms with Crippen molar-refractivity contribution in [3.05, 3.63) is 37.4 Å². The summed E-state index contributed by atoms with van der Waals surface area (Å²) in [4.78, 5) is 5.74. The van der Waals surface area contributed by atoms with Crippen molar-refractivity contribution in [1.82, 2.24) is 4.98 Å². The van der Waals surface area contributed by atoms with Crippen molar-refractivity contribution in [1.29, 1.82) is 0 Å². The number of hydrogen-bond donors (Lipinski definition) is 1. The molecule has 1 N–H and O–H groups in total. The van der Waals surface area contributed by atoms with Gasteiger partial charge in [-0.2, -0.15) is 0 Å². The van der Waals surface area contributed by atoms with Gasteiger partial charge in [-0.25, -0.2) is 0 Å². The largest absolute Gasteiger partial charge is 0.382 e. The lowest BCUT2D eigenvalue weighted by atomic mass is 10.2. The maximum Gasteiger partial charge on any atom is 0.125 e. The zero-order valence-corrected chi connectivity index (χ0v) is 9.69. The summed E-state index contributed by atoms with van der Waals surface area (Å²) < 4.78 is 0.957. The Morgan fingerprint density at radius 3 is 2.85 bits per heavy atom. The highest BCUT2D eigenvalue weighted by atomic mass is 79.9. The molecule has 0 radical (unpaired) electrons. The van der Waals surface area contributed by atoms with E-state index in [1.165, 1.54) is 22.7 Å². The molecule has 0 aliphatic rings. The third-order valence-electron chi connectivity index (χ3n) is 1.61. The molecule has 0 saturated carbocycles. The highest BCUT2D eigenvalue weighted by Gasteiger charge is 2.15. The Kier molecular flexibility index (Phi) is 2.78. The molecule has 0 aromatic carbocycles. The van der Waals surface area contributed by atoms with Crippen LogP contribution in [-0.4, -0.2) is 10.1 Å². The molecule has 1 atom stereocenters. The number of hydrogen-bond acceptors (Lipinski definition) is 4. The normalized spacial score (nSPS) is 13.1. The summed E-state index contributed by atoms with van der Waals surface area (Å²) in [6.45, 7) is 0. The van der Waals surface area contributed by atoms with Crippen LogP contribution in [0.1, 0.15) is 15.9 Å². The minimum atomic E-state index is -0.540. The monoisotopic (exact) mass is 275 g/mol. The van der Waals surface area contributed by atoms with Gasteiger partial charge in [0, 0.05) is 10.7 Å². The maximum absolute atomic E-state index is 9.90. The third-order valence-corrected chi connectivity index (χ3v) is 4.37. The van der Waals surface area contributed by atoms with Gasteiger partial charge in [0.25, 0.3) is 0 Å². The molecule has 0 aliphatic heterocycles. The Labute approximate surface area is 92.0 Å². The number of halogens is 1. The highest BCUT2D eigenvalue weighted by Crippen LogP contribution is 2.34. The summed E-state index contributed by atoms with van der Waals surface area (Å²) in [6.07, 6.45) is 1.16. The number of thiazole rings is 1.